The van der Waals surface area contributed by atoms with Crippen LogP contribution in [0.25, 0.3) is 11.2 Å². The SMILES string of the molecule is C[C@@H]1OCC2(CCN(c3nc4n[nH]c(C#Cc5c(F)cc(F)cc5Cl)c4nc3CF)CC2)[C@@H]1N. The maximum atomic E-state index is 14.0. The van der Waals surface area contributed by atoms with Gasteiger partial charge in [0.15, 0.2) is 5.82 Å². The molecule has 0 radical (unpaired) electrons. The lowest BCUT2D eigenvalue weighted by molar-refractivity contribution is 0.0974. The molecule has 0 amide bonds. The quantitative estimate of drug-likeness (QED) is 0.534. The summed E-state index contributed by atoms with van der Waals surface area (Å²) in [5.74, 6) is 4.01. The minimum Gasteiger partial charge on any atom is -0.376 e. The van der Waals surface area contributed by atoms with Crippen LogP contribution in [-0.2, 0) is 11.4 Å². The Morgan fingerprint density at radius 3 is 2.68 bits per heavy atom. The highest BCUT2D eigenvalue weighted by atomic mass is 35.5. The fraction of sp³-hybridized carbons (Fsp3) is 0.435. The summed E-state index contributed by atoms with van der Waals surface area (Å²) in [6.45, 7) is 3.09. The van der Waals surface area contributed by atoms with Crippen molar-refractivity contribution < 1.29 is 17.9 Å². The van der Waals surface area contributed by atoms with Gasteiger partial charge >= 0.3 is 0 Å². The van der Waals surface area contributed by atoms with Crippen LogP contribution >= 0.6 is 11.6 Å². The topological polar surface area (TPSA) is 93.0 Å². The van der Waals surface area contributed by atoms with E-state index >= 15 is 0 Å². The molecule has 178 valence electrons. The van der Waals surface area contributed by atoms with E-state index in [2.05, 4.69) is 32.0 Å². The first-order valence-corrected chi connectivity index (χ1v) is 11.3. The third kappa shape index (κ3) is 3.87. The molecular formula is C23H22ClF3N6O. The molecule has 1 spiro atoms. The Labute approximate surface area is 198 Å². The second-order valence-electron chi connectivity index (χ2n) is 8.78. The number of fused-ring (bicyclic) bond motifs is 1. The molecule has 2 fully saturated rings. The fourth-order valence-electron chi connectivity index (χ4n) is 4.71. The summed E-state index contributed by atoms with van der Waals surface area (Å²) < 4.78 is 47.0. The van der Waals surface area contributed by atoms with Gasteiger partial charge in [0.05, 0.1) is 23.3 Å². The molecule has 34 heavy (non-hydrogen) atoms. The summed E-state index contributed by atoms with van der Waals surface area (Å²) in [6, 6.07) is 1.64. The van der Waals surface area contributed by atoms with Gasteiger partial charge in [-0.2, -0.15) is 5.10 Å². The lowest BCUT2D eigenvalue weighted by atomic mass is 9.73. The van der Waals surface area contributed by atoms with Gasteiger partial charge in [-0.25, -0.2) is 23.1 Å². The van der Waals surface area contributed by atoms with E-state index in [4.69, 9.17) is 22.1 Å². The first-order chi connectivity index (χ1) is 16.3. The third-order valence-corrected chi connectivity index (χ3v) is 7.09. The van der Waals surface area contributed by atoms with Crippen LogP contribution in [0.3, 0.4) is 0 Å². The average Bonchev–Trinajstić information content (AvgIpc) is 3.34. The molecule has 0 aliphatic carbocycles. The van der Waals surface area contributed by atoms with Crippen molar-refractivity contribution in [2.24, 2.45) is 11.1 Å². The Morgan fingerprint density at radius 2 is 2.03 bits per heavy atom. The number of ether oxygens (including phenoxy) is 1. The minimum absolute atomic E-state index is 0.0194. The molecular weight excluding hydrogens is 469 g/mol. The van der Waals surface area contributed by atoms with Gasteiger partial charge < -0.3 is 15.4 Å². The summed E-state index contributed by atoms with van der Waals surface area (Å²) in [5.41, 5.74) is 7.07. The van der Waals surface area contributed by atoms with Crippen molar-refractivity contribution in [3.8, 4) is 11.8 Å². The van der Waals surface area contributed by atoms with Crippen molar-refractivity contribution in [1.29, 1.82) is 0 Å². The van der Waals surface area contributed by atoms with E-state index in [-0.39, 0.29) is 50.7 Å². The Hall–Kier alpha value is -2.87. The number of aromatic amines is 1. The number of aromatic nitrogens is 4. The number of benzene rings is 1. The molecule has 1 aromatic carbocycles. The smallest absolute Gasteiger partial charge is 0.202 e. The zero-order chi connectivity index (χ0) is 24.0. The van der Waals surface area contributed by atoms with Crippen LogP contribution in [0.15, 0.2) is 12.1 Å². The van der Waals surface area contributed by atoms with Gasteiger partial charge in [0.2, 0.25) is 5.65 Å². The van der Waals surface area contributed by atoms with Crippen LogP contribution in [-0.4, -0.2) is 52.0 Å². The highest BCUT2D eigenvalue weighted by molar-refractivity contribution is 6.31. The van der Waals surface area contributed by atoms with Crippen LogP contribution in [0.1, 0.15) is 36.7 Å². The van der Waals surface area contributed by atoms with Gasteiger partial charge in [0.25, 0.3) is 0 Å². The second kappa shape index (κ2) is 8.73. The molecule has 5 rings (SSSR count). The van der Waals surface area contributed by atoms with E-state index in [1.807, 2.05) is 11.8 Å². The van der Waals surface area contributed by atoms with E-state index in [9.17, 15) is 13.2 Å². The minimum atomic E-state index is -0.885. The van der Waals surface area contributed by atoms with Crippen LogP contribution in [0, 0.1) is 28.9 Å². The Bertz CT molecular complexity index is 1290. The molecule has 3 aromatic rings. The van der Waals surface area contributed by atoms with Crippen LogP contribution in [0.5, 0.6) is 0 Å². The summed E-state index contributed by atoms with van der Waals surface area (Å²) in [7, 11) is 0. The number of halogens is 4. The van der Waals surface area contributed by atoms with E-state index in [1.165, 1.54) is 0 Å². The summed E-state index contributed by atoms with van der Waals surface area (Å²) >= 11 is 5.90. The second-order valence-corrected chi connectivity index (χ2v) is 9.19. The van der Waals surface area contributed by atoms with Crippen molar-refractivity contribution in [1.82, 2.24) is 20.2 Å². The number of hydrogen-bond donors (Lipinski definition) is 2. The van der Waals surface area contributed by atoms with E-state index in [1.54, 1.807) is 0 Å². The van der Waals surface area contributed by atoms with E-state index in [0.29, 0.717) is 31.6 Å². The molecule has 2 aliphatic heterocycles. The number of anilines is 1. The van der Waals surface area contributed by atoms with Gasteiger partial charge in [0, 0.05) is 30.6 Å². The molecule has 2 aromatic heterocycles. The van der Waals surface area contributed by atoms with Crippen molar-refractivity contribution in [3.63, 3.8) is 0 Å². The summed E-state index contributed by atoms with van der Waals surface area (Å²) in [4.78, 5) is 10.9. The number of nitrogens with zero attached hydrogens (tertiary/aromatic N) is 4. The van der Waals surface area contributed by atoms with Gasteiger partial charge in [0.1, 0.15) is 35.2 Å². The number of nitrogens with one attached hydrogen (secondary N) is 1. The molecule has 0 bridgehead atoms. The highest BCUT2D eigenvalue weighted by Gasteiger charge is 2.47. The lowest BCUT2D eigenvalue weighted by Gasteiger charge is -2.41. The predicted octanol–water partition coefficient (Wildman–Crippen LogP) is 3.49. The molecule has 2 atom stereocenters. The number of hydrogen-bond acceptors (Lipinski definition) is 6. The summed E-state index contributed by atoms with van der Waals surface area (Å²) in [6.07, 6.45) is 1.64. The number of H-pyrrole nitrogens is 1. The molecule has 0 unspecified atom stereocenters. The zero-order valence-electron chi connectivity index (χ0n) is 18.3. The number of rotatable bonds is 2. The monoisotopic (exact) mass is 490 g/mol. The third-order valence-electron chi connectivity index (χ3n) is 6.79. The van der Waals surface area contributed by atoms with Crippen LogP contribution < -0.4 is 10.6 Å². The van der Waals surface area contributed by atoms with Crippen molar-refractivity contribution in [2.75, 3.05) is 24.6 Å². The number of nitrogens with two attached hydrogens (primary N) is 1. The first-order valence-electron chi connectivity index (χ1n) is 10.9. The number of piperidine rings is 1. The molecule has 2 saturated heterocycles. The lowest BCUT2D eigenvalue weighted by Crippen LogP contribution is -2.51. The van der Waals surface area contributed by atoms with E-state index in [0.717, 1.165) is 18.9 Å². The van der Waals surface area contributed by atoms with Gasteiger partial charge in [-0.3, -0.25) is 5.10 Å². The molecule has 11 heteroatoms. The highest BCUT2D eigenvalue weighted by Crippen LogP contribution is 2.42. The molecule has 0 saturated carbocycles. The van der Waals surface area contributed by atoms with E-state index < -0.39 is 18.3 Å². The molecule has 4 heterocycles. The maximum absolute atomic E-state index is 14.0. The van der Waals surface area contributed by atoms with Gasteiger partial charge in [-0.1, -0.05) is 17.5 Å². The summed E-state index contributed by atoms with van der Waals surface area (Å²) in [5, 5.41) is 6.68. The van der Waals surface area contributed by atoms with Crippen molar-refractivity contribution in [2.45, 2.75) is 38.6 Å². The maximum Gasteiger partial charge on any atom is 0.202 e. The largest absolute Gasteiger partial charge is 0.376 e. The Kier molecular flexibility index (Phi) is 5.88. The molecule has 7 nitrogen and oxygen atoms in total. The van der Waals surface area contributed by atoms with Gasteiger partial charge in [-0.15, -0.1) is 0 Å². The zero-order valence-corrected chi connectivity index (χ0v) is 19.1. The standard InChI is InChI=1S/C23H22ClF3N6O/c1-12-20(28)23(11-34-12)4-6-33(7-5-23)22-18(10-25)29-19-17(31-32-21(19)30-22)3-2-14-15(24)8-13(26)9-16(14)27/h8-9,12,20H,4-7,10-11,28H2,1H3,(H,30,31,32)/t12-,20+/m0/s1. The molecule has 2 aliphatic rings. The average molecular weight is 491 g/mol. The Balaban J connectivity index is 1.43. The first kappa shape index (κ1) is 22.9. The number of alkyl halides is 1. The normalized spacial score (nSPS) is 21.8. The van der Waals surface area contributed by atoms with Crippen molar-refractivity contribution >= 4 is 28.6 Å². The van der Waals surface area contributed by atoms with Gasteiger partial charge in [-0.05, 0) is 31.8 Å². The molecule has 3 N–H and O–H groups in total. The Morgan fingerprint density at radius 1 is 1.26 bits per heavy atom. The van der Waals surface area contributed by atoms with Crippen LogP contribution in [0.2, 0.25) is 5.02 Å². The van der Waals surface area contributed by atoms with Crippen molar-refractivity contribution in [3.05, 3.63) is 45.7 Å². The predicted molar refractivity (Wildman–Crippen MR) is 121 cm³/mol. The fourth-order valence-corrected chi connectivity index (χ4v) is 4.96. The van der Waals surface area contributed by atoms with Crippen LogP contribution in [0.4, 0.5) is 19.0 Å².